The fraction of sp³-hybridized carbons (Fsp3) is 0.611. The summed E-state index contributed by atoms with van der Waals surface area (Å²) in [5.41, 5.74) is 6.59. The van der Waals surface area contributed by atoms with Crippen molar-refractivity contribution in [2.24, 2.45) is 0 Å². The summed E-state index contributed by atoms with van der Waals surface area (Å²) in [6.45, 7) is 7.84. The Labute approximate surface area is 160 Å². The highest BCUT2D eigenvalue weighted by molar-refractivity contribution is 6.33. The molecule has 0 bridgehead atoms. The molecule has 2 N–H and O–H groups in total. The lowest BCUT2D eigenvalue weighted by atomic mass is 9.90. The molecule has 2 amide bonds. The maximum absolute atomic E-state index is 12.7. The van der Waals surface area contributed by atoms with Gasteiger partial charge in [-0.05, 0) is 33.6 Å². The van der Waals surface area contributed by atoms with Gasteiger partial charge in [-0.2, -0.15) is 0 Å². The molecule has 3 rings (SSSR count). The van der Waals surface area contributed by atoms with E-state index in [0.717, 1.165) is 24.0 Å². The van der Waals surface area contributed by atoms with Gasteiger partial charge in [0.1, 0.15) is 19.3 Å². The van der Waals surface area contributed by atoms with E-state index in [4.69, 9.17) is 14.5 Å². The van der Waals surface area contributed by atoms with Crippen LogP contribution in [0.1, 0.15) is 55.6 Å². The maximum atomic E-state index is 12.7. The molecule has 0 radical (unpaired) electrons. The number of anilines is 1. The van der Waals surface area contributed by atoms with Crippen molar-refractivity contribution < 1.29 is 19.1 Å². The zero-order valence-corrected chi connectivity index (χ0v) is 16.4. The third-order valence-electron chi connectivity index (χ3n) is 4.43. The minimum atomic E-state index is -0.706. The number of nitrogens with zero attached hydrogens (tertiary/aromatic N) is 2. The van der Waals surface area contributed by atoms with Gasteiger partial charge in [-0.3, -0.25) is 10.2 Å². The van der Waals surface area contributed by atoms with Gasteiger partial charge in [0.25, 0.3) is 5.91 Å². The SMILES string of the molecule is Bc1cc(C(=O)NNC(=O)OC(C)(C)C)c(N2CCOCC2)nc1C1CC1. The molecular weight excluding hydrogens is 347 g/mol. The Morgan fingerprint density at radius 1 is 1.26 bits per heavy atom. The van der Waals surface area contributed by atoms with E-state index < -0.39 is 17.6 Å². The van der Waals surface area contributed by atoms with Crippen molar-refractivity contribution in [2.45, 2.75) is 45.1 Å². The molecule has 1 aromatic rings. The van der Waals surface area contributed by atoms with Crippen molar-refractivity contribution in [1.82, 2.24) is 15.8 Å². The summed E-state index contributed by atoms with van der Waals surface area (Å²) in [6.07, 6.45) is 1.58. The predicted octanol–water partition coefficient (Wildman–Crippen LogP) is 0.223. The molecule has 27 heavy (non-hydrogen) atoms. The van der Waals surface area contributed by atoms with Gasteiger partial charge in [0.15, 0.2) is 0 Å². The van der Waals surface area contributed by atoms with Crippen LogP contribution in [0.3, 0.4) is 0 Å². The normalized spacial score (nSPS) is 17.4. The van der Waals surface area contributed by atoms with Gasteiger partial charge in [-0.25, -0.2) is 15.2 Å². The Kier molecular flexibility index (Phi) is 5.60. The third kappa shape index (κ3) is 5.12. The molecule has 9 heteroatoms. The average molecular weight is 374 g/mol. The van der Waals surface area contributed by atoms with Gasteiger partial charge in [0.05, 0.1) is 18.8 Å². The first-order chi connectivity index (χ1) is 12.7. The Morgan fingerprint density at radius 2 is 1.93 bits per heavy atom. The van der Waals surface area contributed by atoms with Crippen molar-refractivity contribution in [3.05, 3.63) is 17.3 Å². The molecule has 2 heterocycles. The molecule has 0 unspecified atom stereocenters. The zero-order valence-electron chi connectivity index (χ0n) is 16.4. The molecule has 1 saturated heterocycles. The predicted molar refractivity (Wildman–Crippen MR) is 104 cm³/mol. The maximum Gasteiger partial charge on any atom is 0.426 e. The molecule has 1 aliphatic carbocycles. The van der Waals surface area contributed by atoms with Gasteiger partial charge < -0.3 is 14.4 Å². The number of nitrogens with one attached hydrogen (secondary N) is 2. The minimum absolute atomic E-state index is 0.416. The highest BCUT2D eigenvalue weighted by Crippen LogP contribution is 2.39. The number of hydrogen-bond donors (Lipinski definition) is 2. The lowest BCUT2D eigenvalue weighted by Gasteiger charge is -2.30. The fourth-order valence-electron chi connectivity index (χ4n) is 3.05. The summed E-state index contributed by atoms with van der Waals surface area (Å²) in [4.78, 5) is 31.5. The van der Waals surface area contributed by atoms with Crippen LogP contribution in [0.2, 0.25) is 0 Å². The van der Waals surface area contributed by atoms with E-state index in [1.807, 2.05) is 13.9 Å². The number of ether oxygens (including phenoxy) is 2. The number of carbonyl (C=O) groups excluding carboxylic acids is 2. The van der Waals surface area contributed by atoms with E-state index in [9.17, 15) is 9.59 Å². The van der Waals surface area contributed by atoms with Crippen LogP contribution in [0.4, 0.5) is 10.6 Å². The van der Waals surface area contributed by atoms with E-state index in [0.29, 0.717) is 43.6 Å². The van der Waals surface area contributed by atoms with Gasteiger partial charge >= 0.3 is 6.09 Å². The number of rotatable bonds is 3. The van der Waals surface area contributed by atoms with E-state index in [1.54, 1.807) is 20.8 Å². The Morgan fingerprint density at radius 3 is 2.52 bits per heavy atom. The molecule has 0 aromatic carbocycles. The van der Waals surface area contributed by atoms with Crippen molar-refractivity contribution in [1.29, 1.82) is 0 Å². The summed E-state index contributed by atoms with van der Waals surface area (Å²) in [5.74, 6) is 0.719. The number of carbonyl (C=O) groups is 2. The number of pyridine rings is 1. The van der Waals surface area contributed by atoms with E-state index in [2.05, 4.69) is 15.8 Å². The van der Waals surface area contributed by atoms with E-state index >= 15 is 0 Å². The second kappa shape index (κ2) is 7.76. The first kappa shape index (κ1) is 19.5. The molecule has 2 aliphatic rings. The molecule has 1 aromatic heterocycles. The van der Waals surface area contributed by atoms with Crippen molar-refractivity contribution in [2.75, 3.05) is 31.2 Å². The van der Waals surface area contributed by atoms with Crippen LogP contribution in [0, 0.1) is 0 Å². The molecule has 0 atom stereocenters. The summed E-state index contributed by atoms with van der Waals surface area (Å²) in [7, 11) is 1.97. The standard InChI is InChI=1S/C18H27BN4O4/c1-18(2,3)27-17(25)22-21-16(24)12-10-13(19)14(11-4-5-11)20-15(12)23-6-8-26-9-7-23/h10-11H,4-9,19H2,1-3H3,(H,21,24)(H,22,25). The number of morpholine rings is 1. The second-order valence-corrected chi connectivity index (χ2v) is 8.02. The zero-order chi connectivity index (χ0) is 19.6. The number of amides is 2. The largest absolute Gasteiger partial charge is 0.443 e. The van der Waals surface area contributed by atoms with Crippen molar-refractivity contribution in [3.8, 4) is 0 Å². The summed E-state index contributed by atoms with van der Waals surface area (Å²) in [5, 5.41) is 0. The molecule has 2 fully saturated rings. The number of hydrogen-bond acceptors (Lipinski definition) is 6. The van der Waals surface area contributed by atoms with Gasteiger partial charge in [0, 0.05) is 24.7 Å². The quantitative estimate of drug-likeness (QED) is 0.581. The van der Waals surface area contributed by atoms with Gasteiger partial charge in [0.2, 0.25) is 0 Å². The molecular formula is C18H27BN4O4. The highest BCUT2D eigenvalue weighted by Gasteiger charge is 2.30. The Balaban J connectivity index is 1.79. The van der Waals surface area contributed by atoms with Crippen LogP contribution >= 0.6 is 0 Å². The monoisotopic (exact) mass is 374 g/mol. The topological polar surface area (TPSA) is 92.8 Å². The van der Waals surface area contributed by atoms with Gasteiger partial charge in [-0.1, -0.05) is 11.5 Å². The number of hydrazine groups is 1. The van der Waals surface area contributed by atoms with Gasteiger partial charge in [-0.15, -0.1) is 0 Å². The molecule has 8 nitrogen and oxygen atoms in total. The first-order valence-corrected chi connectivity index (χ1v) is 9.38. The van der Waals surface area contributed by atoms with Crippen LogP contribution in [0.15, 0.2) is 6.07 Å². The molecule has 0 spiro atoms. The smallest absolute Gasteiger partial charge is 0.426 e. The second-order valence-electron chi connectivity index (χ2n) is 8.02. The van der Waals surface area contributed by atoms with Crippen LogP contribution in [0.25, 0.3) is 0 Å². The Bertz CT molecular complexity index is 725. The lowest BCUT2D eigenvalue weighted by molar-refractivity contribution is 0.0483. The molecule has 146 valence electrons. The first-order valence-electron chi connectivity index (χ1n) is 9.38. The van der Waals surface area contributed by atoms with E-state index in [1.165, 1.54) is 0 Å². The summed E-state index contributed by atoms with van der Waals surface area (Å²) in [6, 6.07) is 1.86. The van der Waals surface area contributed by atoms with E-state index in [-0.39, 0.29) is 0 Å². The fourth-order valence-corrected chi connectivity index (χ4v) is 3.05. The van der Waals surface area contributed by atoms with Crippen LogP contribution < -0.4 is 21.2 Å². The van der Waals surface area contributed by atoms with Crippen LogP contribution in [-0.4, -0.2) is 56.7 Å². The minimum Gasteiger partial charge on any atom is -0.443 e. The van der Waals surface area contributed by atoms with Crippen LogP contribution in [-0.2, 0) is 9.47 Å². The molecule has 1 aliphatic heterocycles. The number of aromatic nitrogens is 1. The average Bonchev–Trinajstić information content (AvgIpc) is 3.43. The van der Waals surface area contributed by atoms with Crippen molar-refractivity contribution in [3.63, 3.8) is 0 Å². The highest BCUT2D eigenvalue weighted by atomic mass is 16.6. The third-order valence-corrected chi connectivity index (χ3v) is 4.43. The van der Waals surface area contributed by atoms with Crippen molar-refractivity contribution >= 4 is 31.1 Å². The van der Waals surface area contributed by atoms with Crippen LogP contribution in [0.5, 0.6) is 0 Å². The summed E-state index contributed by atoms with van der Waals surface area (Å²) >= 11 is 0. The summed E-state index contributed by atoms with van der Waals surface area (Å²) < 4.78 is 10.6. The molecule has 1 saturated carbocycles. The lowest BCUT2D eigenvalue weighted by Crippen LogP contribution is -2.45. The Hall–Kier alpha value is -2.29.